The van der Waals surface area contributed by atoms with Gasteiger partial charge in [-0.1, -0.05) is 30.0 Å². The van der Waals surface area contributed by atoms with Crippen LogP contribution in [0.25, 0.3) is 21.3 Å². The van der Waals surface area contributed by atoms with Gasteiger partial charge in [-0.3, -0.25) is 4.79 Å². The highest BCUT2D eigenvalue weighted by atomic mass is 32.2. The maximum absolute atomic E-state index is 11.6. The monoisotopic (exact) mass is 358 g/mol. The van der Waals surface area contributed by atoms with Crippen molar-refractivity contribution < 1.29 is 9.53 Å². The molecule has 0 spiro atoms. The number of rotatable bonds is 5. The Morgan fingerprint density at radius 2 is 2.08 bits per heavy atom. The van der Waals surface area contributed by atoms with E-state index in [-0.39, 0.29) is 11.7 Å². The zero-order valence-corrected chi connectivity index (χ0v) is 15.5. The van der Waals surface area contributed by atoms with Gasteiger partial charge in [0, 0.05) is 10.9 Å². The lowest BCUT2D eigenvalue weighted by atomic mass is 10.0. The second kappa shape index (κ2) is 7.32. The van der Waals surface area contributed by atoms with Gasteiger partial charge in [0.25, 0.3) is 0 Å². The minimum absolute atomic E-state index is 0.225. The van der Waals surface area contributed by atoms with E-state index in [4.69, 9.17) is 4.74 Å². The molecule has 24 heavy (non-hydrogen) atoms. The fourth-order valence-electron chi connectivity index (χ4n) is 2.41. The molecule has 0 fully saturated rings. The van der Waals surface area contributed by atoms with Gasteiger partial charge in [0.2, 0.25) is 0 Å². The number of esters is 1. The SMILES string of the molecule is CCOC(=O)CSc1ncnc2scc(-c3ccc(C)c(C)c3)c12. The quantitative estimate of drug-likeness (QED) is 0.378. The zero-order valence-electron chi connectivity index (χ0n) is 13.8. The summed E-state index contributed by atoms with van der Waals surface area (Å²) < 4.78 is 5.00. The highest BCUT2D eigenvalue weighted by Crippen LogP contribution is 2.38. The summed E-state index contributed by atoms with van der Waals surface area (Å²) in [6.45, 7) is 6.42. The van der Waals surface area contributed by atoms with Gasteiger partial charge in [0.05, 0.1) is 17.7 Å². The van der Waals surface area contributed by atoms with Crippen LogP contribution in [0.15, 0.2) is 34.9 Å². The predicted octanol–water partition coefficient (Wildman–Crippen LogP) is 4.63. The fraction of sp³-hybridized carbons (Fsp3) is 0.278. The van der Waals surface area contributed by atoms with Crippen LogP contribution in [0.1, 0.15) is 18.1 Å². The topological polar surface area (TPSA) is 52.1 Å². The van der Waals surface area contributed by atoms with Crippen molar-refractivity contribution in [3.63, 3.8) is 0 Å². The third-order valence-corrected chi connectivity index (χ3v) is 5.63. The number of carbonyl (C=O) groups is 1. The van der Waals surface area contributed by atoms with Crippen LogP contribution in [-0.2, 0) is 9.53 Å². The lowest BCUT2D eigenvalue weighted by molar-refractivity contribution is -0.139. The molecule has 0 unspecified atom stereocenters. The van der Waals surface area contributed by atoms with E-state index in [1.165, 1.54) is 22.9 Å². The minimum Gasteiger partial charge on any atom is -0.465 e. The Balaban J connectivity index is 2.00. The highest BCUT2D eigenvalue weighted by molar-refractivity contribution is 8.00. The molecule has 0 N–H and O–H groups in total. The zero-order chi connectivity index (χ0) is 17.1. The molecule has 3 aromatic rings. The number of aryl methyl sites for hydroxylation is 2. The molecule has 124 valence electrons. The summed E-state index contributed by atoms with van der Waals surface area (Å²) in [5, 5.41) is 3.94. The van der Waals surface area contributed by atoms with Crippen LogP contribution in [0.4, 0.5) is 0 Å². The summed E-state index contributed by atoms with van der Waals surface area (Å²) in [5.41, 5.74) is 4.79. The van der Waals surface area contributed by atoms with Crippen molar-refractivity contribution in [2.45, 2.75) is 25.8 Å². The second-order valence-corrected chi connectivity index (χ2v) is 7.22. The van der Waals surface area contributed by atoms with Crippen molar-refractivity contribution in [3.8, 4) is 11.1 Å². The second-order valence-electron chi connectivity index (χ2n) is 5.40. The Labute approximate surface area is 149 Å². The summed E-state index contributed by atoms with van der Waals surface area (Å²) in [4.78, 5) is 21.3. The Morgan fingerprint density at radius 1 is 1.25 bits per heavy atom. The number of thiophene rings is 1. The molecule has 0 atom stereocenters. The number of thioether (sulfide) groups is 1. The lowest BCUT2D eigenvalue weighted by Gasteiger charge is -2.07. The van der Waals surface area contributed by atoms with Gasteiger partial charge >= 0.3 is 5.97 Å². The van der Waals surface area contributed by atoms with Crippen molar-refractivity contribution in [1.29, 1.82) is 0 Å². The molecule has 0 saturated heterocycles. The standard InChI is InChI=1S/C18H18N2O2S2/c1-4-22-15(21)9-24-18-16-14(8-23-17(16)19-10-20-18)13-6-5-11(2)12(3)7-13/h5-8,10H,4,9H2,1-3H3. The first-order valence-corrected chi connectivity index (χ1v) is 9.55. The molecule has 6 heteroatoms. The largest absolute Gasteiger partial charge is 0.465 e. The van der Waals surface area contributed by atoms with Gasteiger partial charge in [-0.2, -0.15) is 0 Å². The van der Waals surface area contributed by atoms with E-state index >= 15 is 0 Å². The first-order chi connectivity index (χ1) is 11.6. The molecular weight excluding hydrogens is 340 g/mol. The lowest BCUT2D eigenvalue weighted by Crippen LogP contribution is -2.06. The highest BCUT2D eigenvalue weighted by Gasteiger charge is 2.15. The molecule has 0 aliphatic heterocycles. The van der Waals surface area contributed by atoms with E-state index in [2.05, 4.69) is 47.4 Å². The van der Waals surface area contributed by atoms with Crippen LogP contribution in [0, 0.1) is 13.8 Å². The Bertz CT molecular complexity index is 890. The van der Waals surface area contributed by atoms with Crippen LogP contribution in [0.3, 0.4) is 0 Å². The van der Waals surface area contributed by atoms with Crippen molar-refractivity contribution in [1.82, 2.24) is 9.97 Å². The number of hydrogen-bond acceptors (Lipinski definition) is 6. The molecule has 0 radical (unpaired) electrons. The van der Waals surface area contributed by atoms with Gasteiger partial charge in [0.1, 0.15) is 16.2 Å². The first-order valence-electron chi connectivity index (χ1n) is 7.68. The van der Waals surface area contributed by atoms with Crippen LogP contribution < -0.4 is 0 Å². The van der Waals surface area contributed by atoms with Crippen LogP contribution >= 0.6 is 23.1 Å². The van der Waals surface area contributed by atoms with Crippen molar-refractivity contribution >= 4 is 39.3 Å². The summed E-state index contributed by atoms with van der Waals surface area (Å²) in [6, 6.07) is 6.43. The molecule has 4 nitrogen and oxygen atoms in total. The number of nitrogens with zero attached hydrogens (tertiary/aromatic N) is 2. The third-order valence-electron chi connectivity index (χ3n) is 3.79. The van der Waals surface area contributed by atoms with Crippen molar-refractivity contribution in [2.75, 3.05) is 12.4 Å². The van der Waals surface area contributed by atoms with Gasteiger partial charge in [-0.15, -0.1) is 11.3 Å². The summed E-state index contributed by atoms with van der Waals surface area (Å²) in [7, 11) is 0. The molecular formula is C18H18N2O2S2. The van der Waals surface area contributed by atoms with Gasteiger partial charge in [-0.05, 0) is 37.5 Å². The number of hydrogen-bond donors (Lipinski definition) is 0. The molecule has 0 amide bonds. The average molecular weight is 358 g/mol. The molecule has 0 aliphatic rings. The number of ether oxygens (including phenoxy) is 1. The Kier molecular flexibility index (Phi) is 5.16. The number of aromatic nitrogens is 2. The maximum atomic E-state index is 11.6. The van der Waals surface area contributed by atoms with Crippen molar-refractivity contribution in [3.05, 3.63) is 41.0 Å². The molecule has 3 rings (SSSR count). The molecule has 2 heterocycles. The Hall–Kier alpha value is -1.92. The number of benzene rings is 1. The first kappa shape index (κ1) is 16.9. The molecule has 2 aromatic heterocycles. The van der Waals surface area contributed by atoms with Crippen LogP contribution in [0.5, 0.6) is 0 Å². The number of carbonyl (C=O) groups excluding carboxylic acids is 1. The molecule has 1 aromatic carbocycles. The van der Waals surface area contributed by atoms with E-state index < -0.39 is 0 Å². The van der Waals surface area contributed by atoms with Crippen LogP contribution in [0.2, 0.25) is 0 Å². The fourth-order valence-corrected chi connectivity index (χ4v) is 4.20. The summed E-state index contributed by atoms with van der Waals surface area (Å²) in [5.74, 6) is 0.0274. The van der Waals surface area contributed by atoms with Crippen LogP contribution in [-0.4, -0.2) is 28.3 Å². The molecule has 0 aliphatic carbocycles. The normalized spacial score (nSPS) is 11.0. The number of fused-ring (bicyclic) bond motifs is 1. The smallest absolute Gasteiger partial charge is 0.316 e. The van der Waals surface area contributed by atoms with E-state index in [0.29, 0.717) is 6.61 Å². The summed E-state index contributed by atoms with van der Waals surface area (Å²) >= 11 is 3.00. The minimum atomic E-state index is -0.225. The van der Waals surface area contributed by atoms with E-state index in [1.54, 1.807) is 17.7 Å². The molecule has 0 bridgehead atoms. The average Bonchev–Trinajstić information content (AvgIpc) is 3.00. The van der Waals surface area contributed by atoms with E-state index in [9.17, 15) is 4.79 Å². The van der Waals surface area contributed by atoms with Gasteiger partial charge < -0.3 is 4.74 Å². The van der Waals surface area contributed by atoms with Gasteiger partial charge in [-0.25, -0.2) is 9.97 Å². The third kappa shape index (κ3) is 3.44. The Morgan fingerprint density at radius 3 is 2.83 bits per heavy atom. The predicted molar refractivity (Wildman–Crippen MR) is 99.7 cm³/mol. The maximum Gasteiger partial charge on any atom is 0.316 e. The van der Waals surface area contributed by atoms with E-state index in [1.807, 2.05) is 6.92 Å². The molecule has 0 saturated carbocycles. The van der Waals surface area contributed by atoms with Gasteiger partial charge in [0.15, 0.2) is 0 Å². The summed E-state index contributed by atoms with van der Waals surface area (Å²) in [6.07, 6.45) is 1.55. The van der Waals surface area contributed by atoms with Crippen molar-refractivity contribution in [2.24, 2.45) is 0 Å². The van der Waals surface area contributed by atoms with E-state index in [0.717, 1.165) is 26.4 Å².